The summed E-state index contributed by atoms with van der Waals surface area (Å²) in [5.74, 6) is 0.592. The van der Waals surface area contributed by atoms with Crippen molar-refractivity contribution < 1.29 is 9.59 Å². The molecule has 2 aliphatic rings. The van der Waals surface area contributed by atoms with Gasteiger partial charge in [0.2, 0.25) is 0 Å². The van der Waals surface area contributed by atoms with E-state index in [0.717, 1.165) is 0 Å². The average Bonchev–Trinajstić information content (AvgIpc) is 2.18. The van der Waals surface area contributed by atoms with Crippen LogP contribution in [-0.2, 0) is 9.59 Å². The molecule has 2 rings (SSSR count). The van der Waals surface area contributed by atoms with Crippen molar-refractivity contribution in [3.63, 3.8) is 0 Å². The van der Waals surface area contributed by atoms with E-state index in [4.69, 9.17) is 0 Å². The normalized spacial score (nSPS) is 44.1. The molecule has 0 aliphatic heterocycles. The highest BCUT2D eigenvalue weighted by Crippen LogP contribution is 2.61. The molecule has 66 valence electrons. The van der Waals surface area contributed by atoms with Crippen molar-refractivity contribution >= 4 is 11.6 Å². The van der Waals surface area contributed by atoms with E-state index in [-0.39, 0.29) is 22.5 Å². The number of hydrogen-bond acceptors (Lipinski definition) is 2. The molecule has 0 spiro atoms. The Balaban J connectivity index is 2.54. The lowest BCUT2D eigenvalue weighted by atomic mass is 9.70. The highest BCUT2D eigenvalue weighted by Gasteiger charge is 2.65. The Kier molecular flexibility index (Phi) is 1.20. The first kappa shape index (κ1) is 7.96. The Bertz CT molecular complexity index is 278. The molecule has 0 radical (unpaired) electrons. The first-order chi connectivity index (χ1) is 5.39. The van der Waals surface area contributed by atoms with Crippen LogP contribution in [-0.4, -0.2) is 11.6 Å². The lowest BCUT2D eigenvalue weighted by Crippen LogP contribution is -2.32. The van der Waals surface area contributed by atoms with Crippen LogP contribution in [0.15, 0.2) is 0 Å². The van der Waals surface area contributed by atoms with Crippen LogP contribution in [0.1, 0.15) is 33.6 Å². The van der Waals surface area contributed by atoms with Crippen LogP contribution in [0.5, 0.6) is 0 Å². The number of hydrogen-bond donors (Lipinski definition) is 0. The zero-order valence-corrected chi connectivity index (χ0v) is 7.81. The zero-order chi connectivity index (χ0) is 9.15. The SMILES string of the molecule is CC1(C)C2CC(=O)[C@@]1(C)CC2=O. The van der Waals surface area contributed by atoms with Gasteiger partial charge in [-0.2, -0.15) is 0 Å². The molecule has 0 saturated heterocycles. The number of Topliss-reactive ketones (excluding diaryl/α,β-unsaturated/α-hetero) is 2. The third-order valence-electron chi connectivity index (χ3n) is 4.21. The van der Waals surface area contributed by atoms with Crippen molar-refractivity contribution in [1.82, 2.24) is 0 Å². The minimum absolute atomic E-state index is 0.00926. The van der Waals surface area contributed by atoms with E-state index < -0.39 is 0 Å². The van der Waals surface area contributed by atoms with E-state index in [1.165, 1.54) is 0 Å². The number of carbonyl (C=O) groups excluding carboxylic acids is 2. The van der Waals surface area contributed by atoms with Crippen molar-refractivity contribution in [2.24, 2.45) is 16.7 Å². The molecule has 0 aromatic carbocycles. The molecule has 0 N–H and O–H groups in total. The molecule has 0 aromatic heterocycles. The molecule has 2 aliphatic carbocycles. The molecule has 1 unspecified atom stereocenters. The molecule has 0 amide bonds. The third kappa shape index (κ3) is 0.584. The molecule has 0 heterocycles. The topological polar surface area (TPSA) is 34.1 Å². The molecular formula is C10H14O2. The van der Waals surface area contributed by atoms with Gasteiger partial charge in [-0.15, -0.1) is 0 Å². The van der Waals surface area contributed by atoms with Gasteiger partial charge >= 0.3 is 0 Å². The van der Waals surface area contributed by atoms with Gasteiger partial charge in [0.25, 0.3) is 0 Å². The van der Waals surface area contributed by atoms with Crippen molar-refractivity contribution in [1.29, 1.82) is 0 Å². The Labute approximate surface area is 72.3 Å². The van der Waals surface area contributed by atoms with Gasteiger partial charge < -0.3 is 0 Å². The minimum atomic E-state index is -0.352. The van der Waals surface area contributed by atoms with Gasteiger partial charge in [-0.05, 0) is 5.41 Å². The maximum atomic E-state index is 11.6. The number of fused-ring (bicyclic) bond motifs is 2. The molecule has 12 heavy (non-hydrogen) atoms. The fourth-order valence-corrected chi connectivity index (χ4v) is 2.72. The highest BCUT2D eigenvalue weighted by atomic mass is 16.1. The quantitative estimate of drug-likeness (QED) is 0.547. The molecule has 2 heteroatoms. The van der Waals surface area contributed by atoms with Crippen molar-refractivity contribution in [3.8, 4) is 0 Å². The van der Waals surface area contributed by atoms with Crippen molar-refractivity contribution in [2.45, 2.75) is 33.6 Å². The molecule has 2 fully saturated rings. The Morgan fingerprint density at radius 3 is 2.08 bits per heavy atom. The van der Waals surface area contributed by atoms with E-state index in [2.05, 4.69) is 0 Å². The summed E-state index contributed by atoms with van der Waals surface area (Å²) in [6, 6.07) is 0. The summed E-state index contributed by atoms with van der Waals surface area (Å²) in [6.07, 6.45) is 0.964. The number of carbonyl (C=O) groups is 2. The summed E-state index contributed by atoms with van der Waals surface area (Å²) in [7, 11) is 0. The molecule has 2 bridgehead atoms. The largest absolute Gasteiger partial charge is 0.299 e. The number of ketones is 2. The van der Waals surface area contributed by atoms with Crippen LogP contribution < -0.4 is 0 Å². The molecule has 0 aromatic rings. The third-order valence-corrected chi connectivity index (χ3v) is 4.21. The molecular weight excluding hydrogens is 152 g/mol. The minimum Gasteiger partial charge on any atom is -0.299 e. The second-order valence-corrected chi connectivity index (χ2v) is 4.88. The standard InChI is InChI=1S/C10H14O2/c1-9(2)6-4-8(12)10(9,3)5-7(6)11/h6H,4-5H2,1-3H3/t6?,10-/m1/s1. The van der Waals surface area contributed by atoms with E-state index in [1.54, 1.807) is 0 Å². The van der Waals surface area contributed by atoms with Gasteiger partial charge in [0.05, 0.1) is 0 Å². The van der Waals surface area contributed by atoms with E-state index >= 15 is 0 Å². The summed E-state index contributed by atoms with van der Waals surface area (Å²) >= 11 is 0. The van der Waals surface area contributed by atoms with Crippen molar-refractivity contribution in [3.05, 3.63) is 0 Å². The maximum Gasteiger partial charge on any atom is 0.140 e. The predicted molar refractivity (Wildman–Crippen MR) is 44.6 cm³/mol. The molecule has 2 nitrogen and oxygen atoms in total. The van der Waals surface area contributed by atoms with Gasteiger partial charge in [0.1, 0.15) is 11.6 Å². The lowest BCUT2D eigenvalue weighted by Gasteiger charge is -2.31. The predicted octanol–water partition coefficient (Wildman–Crippen LogP) is 1.58. The summed E-state index contributed by atoms with van der Waals surface area (Å²) in [6.45, 7) is 6.04. The van der Waals surface area contributed by atoms with Crippen molar-refractivity contribution in [2.75, 3.05) is 0 Å². The summed E-state index contributed by atoms with van der Waals surface area (Å²) < 4.78 is 0. The van der Waals surface area contributed by atoms with Gasteiger partial charge in [-0.3, -0.25) is 9.59 Å². The highest BCUT2D eigenvalue weighted by molar-refractivity contribution is 6.04. The van der Waals surface area contributed by atoms with Crippen LogP contribution >= 0.6 is 0 Å². The van der Waals surface area contributed by atoms with E-state index in [0.29, 0.717) is 18.6 Å². The second-order valence-electron chi connectivity index (χ2n) is 4.88. The van der Waals surface area contributed by atoms with Crippen LogP contribution in [0.25, 0.3) is 0 Å². The fourth-order valence-electron chi connectivity index (χ4n) is 2.72. The Morgan fingerprint density at radius 1 is 1.25 bits per heavy atom. The van der Waals surface area contributed by atoms with Crippen LogP contribution in [0, 0.1) is 16.7 Å². The maximum absolute atomic E-state index is 11.6. The molecule has 2 saturated carbocycles. The van der Waals surface area contributed by atoms with E-state index in [9.17, 15) is 9.59 Å². The van der Waals surface area contributed by atoms with E-state index in [1.807, 2.05) is 20.8 Å². The van der Waals surface area contributed by atoms with Gasteiger partial charge in [-0.1, -0.05) is 20.8 Å². The summed E-state index contributed by atoms with van der Waals surface area (Å²) in [5, 5.41) is 0. The fraction of sp³-hybridized carbons (Fsp3) is 0.800. The Hall–Kier alpha value is -0.660. The Morgan fingerprint density at radius 2 is 1.83 bits per heavy atom. The van der Waals surface area contributed by atoms with Gasteiger partial charge in [0.15, 0.2) is 0 Å². The summed E-state index contributed by atoms with van der Waals surface area (Å²) in [4.78, 5) is 23.0. The average molecular weight is 166 g/mol. The lowest BCUT2D eigenvalue weighted by molar-refractivity contribution is -0.133. The zero-order valence-electron chi connectivity index (χ0n) is 7.81. The first-order valence-corrected chi connectivity index (χ1v) is 4.45. The summed E-state index contributed by atoms with van der Waals surface area (Å²) in [5.41, 5.74) is -0.448. The van der Waals surface area contributed by atoms with Gasteiger partial charge in [-0.25, -0.2) is 0 Å². The first-order valence-electron chi connectivity index (χ1n) is 4.45. The van der Waals surface area contributed by atoms with Crippen LogP contribution in [0.2, 0.25) is 0 Å². The van der Waals surface area contributed by atoms with Crippen LogP contribution in [0.4, 0.5) is 0 Å². The van der Waals surface area contributed by atoms with Crippen LogP contribution in [0.3, 0.4) is 0 Å². The molecule has 2 atom stereocenters. The number of rotatable bonds is 0. The smallest absolute Gasteiger partial charge is 0.140 e. The monoisotopic (exact) mass is 166 g/mol. The van der Waals surface area contributed by atoms with Gasteiger partial charge in [0, 0.05) is 24.2 Å². The second kappa shape index (κ2) is 1.81.